The molecular weight excluding hydrogens is 248 g/mol. The van der Waals surface area contributed by atoms with E-state index in [-0.39, 0.29) is 6.04 Å². The third-order valence-corrected chi connectivity index (χ3v) is 2.92. The summed E-state index contributed by atoms with van der Waals surface area (Å²) in [6, 6.07) is 11.4. The molecule has 0 aliphatic carbocycles. The standard InChI is InChI=1S/C14H13ClN2O/c1-10(7-13-3-2-6-18-13)17-12-4-5-14(15)11(8-12)9-16/h2-6,8,10,17H,7H2,1H3. The van der Waals surface area contributed by atoms with E-state index in [1.54, 1.807) is 18.4 Å². The number of rotatable bonds is 4. The van der Waals surface area contributed by atoms with E-state index >= 15 is 0 Å². The number of halogens is 1. The Balaban J connectivity index is 2.03. The Bertz CT molecular complexity index is 558. The van der Waals surface area contributed by atoms with Crippen LogP contribution in [-0.2, 0) is 6.42 Å². The Labute approximate surface area is 111 Å². The molecule has 0 saturated carbocycles. The highest BCUT2D eigenvalue weighted by Gasteiger charge is 2.07. The maximum atomic E-state index is 8.91. The van der Waals surface area contributed by atoms with Crippen molar-refractivity contribution in [3.8, 4) is 6.07 Å². The smallest absolute Gasteiger partial charge is 0.105 e. The molecule has 0 bridgehead atoms. The van der Waals surface area contributed by atoms with Crippen molar-refractivity contribution in [1.29, 1.82) is 5.26 Å². The highest BCUT2D eigenvalue weighted by atomic mass is 35.5. The van der Waals surface area contributed by atoms with Crippen LogP contribution in [-0.4, -0.2) is 6.04 Å². The summed E-state index contributed by atoms with van der Waals surface area (Å²) in [4.78, 5) is 0. The van der Waals surface area contributed by atoms with Crippen LogP contribution in [0, 0.1) is 11.3 Å². The first-order valence-electron chi connectivity index (χ1n) is 5.67. The summed E-state index contributed by atoms with van der Waals surface area (Å²) in [7, 11) is 0. The molecule has 2 aromatic rings. The van der Waals surface area contributed by atoms with E-state index in [1.807, 2.05) is 18.2 Å². The highest BCUT2D eigenvalue weighted by Crippen LogP contribution is 2.20. The molecule has 1 heterocycles. The van der Waals surface area contributed by atoms with Crippen LogP contribution in [0.2, 0.25) is 5.02 Å². The summed E-state index contributed by atoms with van der Waals surface area (Å²) in [5, 5.41) is 12.7. The van der Waals surface area contributed by atoms with E-state index in [2.05, 4.69) is 18.3 Å². The van der Waals surface area contributed by atoms with E-state index in [4.69, 9.17) is 21.3 Å². The van der Waals surface area contributed by atoms with E-state index < -0.39 is 0 Å². The minimum Gasteiger partial charge on any atom is -0.469 e. The van der Waals surface area contributed by atoms with Gasteiger partial charge in [0, 0.05) is 18.2 Å². The lowest BCUT2D eigenvalue weighted by molar-refractivity contribution is 0.498. The zero-order valence-corrected chi connectivity index (χ0v) is 10.7. The number of hydrogen-bond acceptors (Lipinski definition) is 3. The van der Waals surface area contributed by atoms with Gasteiger partial charge < -0.3 is 9.73 Å². The fourth-order valence-corrected chi connectivity index (χ4v) is 1.93. The second kappa shape index (κ2) is 5.61. The molecule has 0 saturated heterocycles. The van der Waals surface area contributed by atoms with Crippen molar-refractivity contribution in [2.45, 2.75) is 19.4 Å². The monoisotopic (exact) mass is 260 g/mol. The molecule has 1 aromatic carbocycles. The summed E-state index contributed by atoms with van der Waals surface area (Å²) in [6.45, 7) is 2.06. The number of nitrogens with one attached hydrogen (secondary N) is 1. The Hall–Kier alpha value is -1.92. The lowest BCUT2D eigenvalue weighted by atomic mass is 10.1. The predicted molar refractivity (Wildman–Crippen MR) is 71.7 cm³/mol. The molecule has 0 amide bonds. The minimum absolute atomic E-state index is 0.212. The molecule has 0 fully saturated rings. The van der Waals surface area contributed by atoms with Gasteiger partial charge in [-0.1, -0.05) is 11.6 Å². The second-order valence-electron chi connectivity index (χ2n) is 4.14. The first-order chi connectivity index (χ1) is 8.69. The number of anilines is 1. The van der Waals surface area contributed by atoms with Gasteiger partial charge >= 0.3 is 0 Å². The molecule has 1 atom stereocenters. The van der Waals surface area contributed by atoms with Crippen molar-refractivity contribution in [3.63, 3.8) is 0 Å². The van der Waals surface area contributed by atoms with Crippen molar-refractivity contribution in [2.24, 2.45) is 0 Å². The van der Waals surface area contributed by atoms with Gasteiger partial charge in [-0.3, -0.25) is 0 Å². The zero-order valence-electron chi connectivity index (χ0n) is 9.98. The van der Waals surface area contributed by atoms with E-state index in [0.717, 1.165) is 17.9 Å². The van der Waals surface area contributed by atoms with Gasteiger partial charge in [-0.25, -0.2) is 0 Å². The number of benzene rings is 1. The van der Waals surface area contributed by atoms with Gasteiger partial charge in [-0.2, -0.15) is 5.26 Å². The number of furan rings is 1. The molecular formula is C14H13ClN2O. The number of nitrogens with zero attached hydrogens (tertiary/aromatic N) is 1. The molecule has 4 heteroatoms. The van der Waals surface area contributed by atoms with Crippen molar-refractivity contribution in [3.05, 3.63) is 52.9 Å². The van der Waals surface area contributed by atoms with Crippen molar-refractivity contribution < 1.29 is 4.42 Å². The summed E-state index contributed by atoms with van der Waals surface area (Å²) in [6.07, 6.45) is 2.45. The van der Waals surface area contributed by atoms with Crippen LogP contribution < -0.4 is 5.32 Å². The lowest BCUT2D eigenvalue weighted by Crippen LogP contribution is -2.17. The maximum Gasteiger partial charge on any atom is 0.105 e. The fraction of sp³-hybridized carbons (Fsp3) is 0.214. The summed E-state index contributed by atoms with van der Waals surface area (Å²) in [5.74, 6) is 0.935. The van der Waals surface area contributed by atoms with Crippen molar-refractivity contribution >= 4 is 17.3 Å². The largest absolute Gasteiger partial charge is 0.469 e. The highest BCUT2D eigenvalue weighted by molar-refractivity contribution is 6.31. The quantitative estimate of drug-likeness (QED) is 0.908. The molecule has 0 aliphatic heterocycles. The van der Waals surface area contributed by atoms with Gasteiger partial charge in [-0.05, 0) is 37.3 Å². The molecule has 1 N–H and O–H groups in total. The summed E-state index contributed by atoms with van der Waals surface area (Å²) < 4.78 is 5.29. The van der Waals surface area contributed by atoms with Gasteiger partial charge in [0.05, 0.1) is 16.8 Å². The number of hydrogen-bond donors (Lipinski definition) is 1. The Kier molecular flexibility index (Phi) is 3.91. The summed E-state index contributed by atoms with van der Waals surface area (Å²) >= 11 is 5.88. The zero-order chi connectivity index (χ0) is 13.0. The predicted octanol–water partition coefficient (Wildman–Crippen LogP) is 3.85. The molecule has 0 radical (unpaired) electrons. The average Bonchev–Trinajstić information content (AvgIpc) is 2.84. The Morgan fingerprint density at radius 3 is 2.94 bits per heavy atom. The molecule has 1 aromatic heterocycles. The van der Waals surface area contributed by atoms with Gasteiger partial charge in [0.2, 0.25) is 0 Å². The van der Waals surface area contributed by atoms with E-state index in [0.29, 0.717) is 10.6 Å². The number of nitriles is 1. The van der Waals surface area contributed by atoms with Crippen LogP contribution in [0.25, 0.3) is 0 Å². The van der Waals surface area contributed by atoms with Crippen LogP contribution in [0.15, 0.2) is 41.0 Å². The van der Waals surface area contributed by atoms with Crippen LogP contribution in [0.3, 0.4) is 0 Å². The van der Waals surface area contributed by atoms with Gasteiger partial charge in [0.1, 0.15) is 11.8 Å². The third kappa shape index (κ3) is 3.06. The summed E-state index contributed by atoms with van der Waals surface area (Å²) in [5.41, 5.74) is 1.36. The lowest BCUT2D eigenvalue weighted by Gasteiger charge is -2.14. The van der Waals surface area contributed by atoms with Gasteiger partial charge in [0.25, 0.3) is 0 Å². The Morgan fingerprint density at radius 2 is 2.28 bits per heavy atom. The molecule has 3 nitrogen and oxygen atoms in total. The first-order valence-corrected chi connectivity index (χ1v) is 6.05. The second-order valence-corrected chi connectivity index (χ2v) is 4.54. The third-order valence-electron chi connectivity index (χ3n) is 2.59. The normalized spacial score (nSPS) is 11.8. The average molecular weight is 261 g/mol. The molecule has 1 unspecified atom stereocenters. The fourth-order valence-electron chi connectivity index (χ4n) is 1.77. The van der Waals surface area contributed by atoms with E-state index in [9.17, 15) is 0 Å². The minimum atomic E-state index is 0.212. The van der Waals surface area contributed by atoms with Gasteiger partial charge in [0.15, 0.2) is 0 Å². The van der Waals surface area contributed by atoms with Crippen molar-refractivity contribution in [2.75, 3.05) is 5.32 Å². The van der Waals surface area contributed by atoms with Crippen molar-refractivity contribution in [1.82, 2.24) is 0 Å². The van der Waals surface area contributed by atoms with E-state index in [1.165, 1.54) is 0 Å². The van der Waals surface area contributed by atoms with Gasteiger partial charge in [-0.15, -0.1) is 0 Å². The first kappa shape index (κ1) is 12.5. The van der Waals surface area contributed by atoms with Crippen LogP contribution in [0.5, 0.6) is 0 Å². The Morgan fingerprint density at radius 1 is 1.44 bits per heavy atom. The topological polar surface area (TPSA) is 49.0 Å². The van der Waals surface area contributed by atoms with Crippen LogP contribution in [0.4, 0.5) is 5.69 Å². The molecule has 18 heavy (non-hydrogen) atoms. The molecule has 92 valence electrons. The molecule has 0 aliphatic rings. The van der Waals surface area contributed by atoms with Crippen LogP contribution >= 0.6 is 11.6 Å². The molecule has 0 spiro atoms. The SMILES string of the molecule is CC(Cc1ccco1)Nc1ccc(Cl)c(C#N)c1. The molecule has 2 rings (SSSR count). The van der Waals surface area contributed by atoms with Crippen LogP contribution in [0.1, 0.15) is 18.2 Å². The maximum absolute atomic E-state index is 8.91.